The van der Waals surface area contributed by atoms with Crippen molar-refractivity contribution in [1.29, 1.82) is 0 Å². The number of carbonyl (C=O) groups excluding carboxylic acids is 1. The molecule has 0 aliphatic heterocycles. The molecule has 0 fully saturated rings. The fraction of sp³-hybridized carbons (Fsp3) is 0.174. The molecule has 0 spiro atoms. The van der Waals surface area contributed by atoms with Gasteiger partial charge in [-0.2, -0.15) is 0 Å². The van der Waals surface area contributed by atoms with Gasteiger partial charge in [0.1, 0.15) is 0 Å². The van der Waals surface area contributed by atoms with E-state index in [1.807, 2.05) is 36.4 Å². The monoisotopic (exact) mass is 440 g/mol. The molecule has 0 bridgehead atoms. The second-order valence-electron chi connectivity index (χ2n) is 6.80. The van der Waals surface area contributed by atoms with Crippen molar-refractivity contribution in [3.05, 3.63) is 90.5 Å². The van der Waals surface area contributed by atoms with Gasteiger partial charge in [0.15, 0.2) is 0 Å². The SMILES string of the molecule is CN(Cc1ccccc1)C(=O)CSc1ccc(S(=O)(=O)N(C)c2ccccc2)cc1. The van der Waals surface area contributed by atoms with E-state index in [9.17, 15) is 13.2 Å². The van der Waals surface area contributed by atoms with Gasteiger partial charge in [-0.1, -0.05) is 48.5 Å². The predicted molar refractivity (Wildman–Crippen MR) is 122 cm³/mol. The molecule has 0 aliphatic carbocycles. The van der Waals surface area contributed by atoms with Crippen LogP contribution in [-0.4, -0.2) is 39.1 Å². The Morgan fingerprint density at radius 2 is 1.40 bits per heavy atom. The summed E-state index contributed by atoms with van der Waals surface area (Å²) in [5.41, 5.74) is 1.68. The minimum atomic E-state index is -3.64. The highest BCUT2D eigenvalue weighted by Crippen LogP contribution is 2.25. The van der Waals surface area contributed by atoms with E-state index in [4.69, 9.17) is 0 Å². The summed E-state index contributed by atoms with van der Waals surface area (Å²) in [4.78, 5) is 15.1. The number of anilines is 1. The number of carbonyl (C=O) groups is 1. The highest BCUT2D eigenvalue weighted by atomic mass is 32.2. The van der Waals surface area contributed by atoms with Gasteiger partial charge in [0.2, 0.25) is 5.91 Å². The van der Waals surface area contributed by atoms with E-state index in [1.54, 1.807) is 60.5 Å². The van der Waals surface area contributed by atoms with Crippen molar-refractivity contribution in [1.82, 2.24) is 4.90 Å². The summed E-state index contributed by atoms with van der Waals surface area (Å²) in [5, 5.41) is 0. The van der Waals surface area contributed by atoms with Gasteiger partial charge in [-0.3, -0.25) is 9.10 Å². The number of amides is 1. The van der Waals surface area contributed by atoms with Crippen LogP contribution in [-0.2, 0) is 21.4 Å². The number of hydrogen-bond donors (Lipinski definition) is 0. The normalized spacial score (nSPS) is 11.1. The first-order valence-corrected chi connectivity index (χ1v) is 11.9. The third kappa shape index (κ3) is 5.43. The molecule has 0 aliphatic rings. The second kappa shape index (κ2) is 9.82. The largest absolute Gasteiger partial charge is 0.341 e. The Hall–Kier alpha value is -2.77. The molecular formula is C23H24N2O3S2. The lowest BCUT2D eigenvalue weighted by molar-refractivity contribution is -0.127. The first-order valence-electron chi connectivity index (χ1n) is 9.42. The van der Waals surface area contributed by atoms with Crippen molar-refractivity contribution in [3.63, 3.8) is 0 Å². The van der Waals surface area contributed by atoms with E-state index in [1.165, 1.54) is 23.1 Å². The zero-order valence-electron chi connectivity index (χ0n) is 16.9. The fourth-order valence-electron chi connectivity index (χ4n) is 2.84. The number of thioether (sulfide) groups is 1. The van der Waals surface area contributed by atoms with Crippen LogP contribution < -0.4 is 4.31 Å². The lowest BCUT2D eigenvalue weighted by Gasteiger charge is -2.19. The lowest BCUT2D eigenvalue weighted by atomic mass is 10.2. The number of sulfonamides is 1. The second-order valence-corrected chi connectivity index (χ2v) is 9.82. The van der Waals surface area contributed by atoms with Gasteiger partial charge in [0.25, 0.3) is 10.0 Å². The highest BCUT2D eigenvalue weighted by Gasteiger charge is 2.21. The van der Waals surface area contributed by atoms with Crippen LogP contribution in [0, 0.1) is 0 Å². The summed E-state index contributed by atoms with van der Waals surface area (Å²) in [5.74, 6) is 0.309. The van der Waals surface area contributed by atoms with Crippen LogP contribution in [0.3, 0.4) is 0 Å². The quantitative estimate of drug-likeness (QED) is 0.491. The van der Waals surface area contributed by atoms with Crippen LogP contribution >= 0.6 is 11.8 Å². The number of nitrogens with zero attached hydrogens (tertiary/aromatic N) is 2. The average molecular weight is 441 g/mol. The average Bonchev–Trinajstić information content (AvgIpc) is 2.78. The Morgan fingerprint density at radius 1 is 0.833 bits per heavy atom. The lowest BCUT2D eigenvalue weighted by Crippen LogP contribution is -2.27. The van der Waals surface area contributed by atoms with E-state index < -0.39 is 10.0 Å². The molecule has 7 heteroatoms. The van der Waals surface area contributed by atoms with Crippen LogP contribution in [0.1, 0.15) is 5.56 Å². The molecule has 0 atom stereocenters. The van der Waals surface area contributed by atoms with E-state index in [0.29, 0.717) is 18.0 Å². The van der Waals surface area contributed by atoms with Gasteiger partial charge in [-0.25, -0.2) is 8.42 Å². The maximum atomic E-state index is 12.8. The molecular weight excluding hydrogens is 416 g/mol. The van der Waals surface area contributed by atoms with Gasteiger partial charge < -0.3 is 4.90 Å². The summed E-state index contributed by atoms with van der Waals surface area (Å²) in [6.07, 6.45) is 0. The van der Waals surface area contributed by atoms with Gasteiger partial charge in [-0.15, -0.1) is 11.8 Å². The Labute approximate surface area is 182 Å². The smallest absolute Gasteiger partial charge is 0.264 e. The van der Waals surface area contributed by atoms with Crippen molar-refractivity contribution < 1.29 is 13.2 Å². The standard InChI is InChI=1S/C23H24N2O3S2/c1-24(17-19-9-5-3-6-10-19)23(26)18-29-21-13-15-22(16-14-21)30(27,28)25(2)20-11-7-4-8-12-20/h3-16H,17-18H2,1-2H3. The molecule has 0 radical (unpaired) electrons. The van der Waals surface area contributed by atoms with Crippen molar-refractivity contribution in [2.24, 2.45) is 0 Å². The van der Waals surface area contributed by atoms with E-state index in [-0.39, 0.29) is 10.8 Å². The molecule has 156 valence electrons. The van der Waals surface area contributed by atoms with Crippen molar-refractivity contribution in [3.8, 4) is 0 Å². The Morgan fingerprint density at radius 3 is 2.00 bits per heavy atom. The van der Waals surface area contributed by atoms with E-state index in [2.05, 4.69) is 0 Å². The van der Waals surface area contributed by atoms with E-state index >= 15 is 0 Å². The molecule has 0 aromatic heterocycles. The third-order valence-corrected chi connectivity index (χ3v) is 7.45. The topological polar surface area (TPSA) is 57.7 Å². The fourth-order valence-corrected chi connectivity index (χ4v) is 4.88. The Kier molecular flexibility index (Phi) is 7.18. The maximum Gasteiger partial charge on any atom is 0.264 e. The molecule has 0 saturated heterocycles. The summed E-state index contributed by atoms with van der Waals surface area (Å²) >= 11 is 1.39. The van der Waals surface area contributed by atoms with Crippen molar-refractivity contribution >= 4 is 33.4 Å². The summed E-state index contributed by atoms with van der Waals surface area (Å²) in [6.45, 7) is 0.559. The minimum Gasteiger partial charge on any atom is -0.341 e. The van der Waals surface area contributed by atoms with Crippen LogP contribution in [0.15, 0.2) is 94.7 Å². The molecule has 1 amide bonds. The zero-order chi connectivity index (χ0) is 21.6. The van der Waals surface area contributed by atoms with Crippen LogP contribution in [0.5, 0.6) is 0 Å². The summed E-state index contributed by atoms with van der Waals surface area (Å²) < 4.78 is 26.9. The van der Waals surface area contributed by atoms with Crippen LogP contribution in [0.2, 0.25) is 0 Å². The number of para-hydroxylation sites is 1. The van der Waals surface area contributed by atoms with E-state index in [0.717, 1.165) is 10.5 Å². The molecule has 0 saturated carbocycles. The Bertz CT molecular complexity index is 1070. The van der Waals surface area contributed by atoms with Gasteiger partial charge in [0, 0.05) is 25.5 Å². The summed E-state index contributed by atoms with van der Waals surface area (Å²) in [7, 11) is -0.320. The molecule has 5 nitrogen and oxygen atoms in total. The third-order valence-electron chi connectivity index (χ3n) is 4.65. The minimum absolute atomic E-state index is 0.0179. The molecule has 0 heterocycles. The van der Waals surface area contributed by atoms with Crippen molar-refractivity contribution in [2.45, 2.75) is 16.3 Å². The van der Waals surface area contributed by atoms with Crippen molar-refractivity contribution in [2.75, 3.05) is 24.2 Å². The number of hydrogen-bond acceptors (Lipinski definition) is 4. The number of rotatable bonds is 8. The molecule has 30 heavy (non-hydrogen) atoms. The number of benzene rings is 3. The Balaban J connectivity index is 1.59. The molecule has 3 rings (SSSR count). The summed E-state index contributed by atoms with van der Waals surface area (Å²) in [6, 6.07) is 25.4. The maximum absolute atomic E-state index is 12.8. The molecule has 0 N–H and O–H groups in total. The molecule has 0 unspecified atom stereocenters. The van der Waals surface area contributed by atoms with Crippen LogP contribution in [0.25, 0.3) is 0 Å². The zero-order valence-corrected chi connectivity index (χ0v) is 18.6. The van der Waals surface area contributed by atoms with Gasteiger partial charge >= 0.3 is 0 Å². The van der Waals surface area contributed by atoms with Gasteiger partial charge in [0.05, 0.1) is 16.3 Å². The molecule has 3 aromatic carbocycles. The molecule has 3 aromatic rings. The highest BCUT2D eigenvalue weighted by molar-refractivity contribution is 8.00. The predicted octanol–water partition coefficient (Wildman–Crippen LogP) is 4.26. The first kappa shape index (κ1) is 21.9. The first-order chi connectivity index (χ1) is 14.4. The van der Waals surface area contributed by atoms with Gasteiger partial charge in [-0.05, 0) is 42.0 Å². The van der Waals surface area contributed by atoms with Crippen LogP contribution in [0.4, 0.5) is 5.69 Å².